The van der Waals surface area contributed by atoms with Crippen LogP contribution in [0, 0.1) is 5.41 Å². The van der Waals surface area contributed by atoms with Crippen LogP contribution < -0.4 is 5.32 Å². The van der Waals surface area contributed by atoms with Crippen molar-refractivity contribution in [3.8, 4) is 11.3 Å². The lowest BCUT2D eigenvalue weighted by molar-refractivity contribution is -0.137. The minimum Gasteiger partial charge on any atom is -0.317 e. The quantitative estimate of drug-likeness (QED) is 0.765. The van der Waals surface area contributed by atoms with Crippen molar-refractivity contribution >= 4 is 0 Å². The van der Waals surface area contributed by atoms with Crippen molar-refractivity contribution in [3.63, 3.8) is 0 Å². The lowest BCUT2D eigenvalue weighted by Gasteiger charge is -2.22. The molecule has 7 heteroatoms. The molecule has 138 valence electrons. The Morgan fingerprint density at radius 3 is 2.23 bits per heavy atom. The molecule has 1 aromatic carbocycles. The number of hydrogen-bond acceptors (Lipinski definition) is 2. The highest BCUT2D eigenvalue weighted by Crippen LogP contribution is 2.74. The summed E-state index contributed by atoms with van der Waals surface area (Å²) in [6.45, 7) is 1.12. The van der Waals surface area contributed by atoms with Gasteiger partial charge in [0.2, 0.25) is 0 Å². The van der Waals surface area contributed by atoms with E-state index in [0.717, 1.165) is 12.1 Å². The second-order valence-electron chi connectivity index (χ2n) is 6.98. The summed E-state index contributed by atoms with van der Waals surface area (Å²) >= 11 is 0. The van der Waals surface area contributed by atoms with E-state index in [1.54, 1.807) is 18.2 Å². The summed E-state index contributed by atoms with van der Waals surface area (Å²) in [5, 5.41) is 3.10. The molecule has 2 aliphatic rings. The zero-order valence-electron chi connectivity index (χ0n) is 13.8. The van der Waals surface area contributed by atoms with Crippen molar-refractivity contribution in [2.75, 3.05) is 13.1 Å². The predicted octanol–water partition coefficient (Wildman–Crippen LogP) is 4.87. The molecule has 26 heavy (non-hydrogen) atoms. The van der Waals surface area contributed by atoms with Gasteiger partial charge in [-0.3, -0.25) is 4.98 Å². The molecule has 1 atom stereocenters. The molecule has 2 nitrogen and oxygen atoms in total. The highest BCUT2D eigenvalue weighted by atomic mass is 19.4. The second-order valence-corrected chi connectivity index (χ2v) is 6.98. The van der Waals surface area contributed by atoms with Gasteiger partial charge in [0.15, 0.2) is 0 Å². The van der Waals surface area contributed by atoms with Gasteiger partial charge in [-0.25, -0.2) is 8.78 Å². The van der Waals surface area contributed by atoms with Crippen LogP contribution in [0.3, 0.4) is 0 Å². The fourth-order valence-electron chi connectivity index (χ4n) is 4.08. The lowest BCUT2D eigenvalue weighted by atomic mass is 9.90. The van der Waals surface area contributed by atoms with Crippen LogP contribution in [-0.2, 0) is 6.18 Å². The van der Waals surface area contributed by atoms with Crippen LogP contribution in [0.2, 0.25) is 0 Å². The number of rotatable bonds is 2. The van der Waals surface area contributed by atoms with E-state index in [4.69, 9.17) is 0 Å². The number of nitrogens with one attached hydrogen (secondary N) is 1. The zero-order valence-corrected chi connectivity index (χ0v) is 13.8. The minimum atomic E-state index is -4.41. The highest BCUT2D eigenvalue weighted by Gasteiger charge is 2.80. The summed E-state index contributed by atoms with van der Waals surface area (Å²) in [5.74, 6) is -3.72. The Balaban J connectivity index is 1.64. The fraction of sp³-hybridized carbons (Fsp3) is 0.421. The number of nitrogens with zero attached hydrogens (tertiary/aromatic N) is 1. The Hall–Kier alpha value is -2.02. The predicted molar refractivity (Wildman–Crippen MR) is 86.9 cm³/mol. The van der Waals surface area contributed by atoms with Gasteiger partial charge >= 0.3 is 6.18 Å². The molecule has 1 spiro atoms. The average Bonchev–Trinajstić information content (AvgIpc) is 3.08. The third kappa shape index (κ3) is 2.60. The number of hydrogen-bond donors (Lipinski definition) is 1. The molecule has 0 amide bonds. The van der Waals surface area contributed by atoms with Gasteiger partial charge in [0.25, 0.3) is 5.92 Å². The van der Waals surface area contributed by atoms with Gasteiger partial charge in [0.1, 0.15) is 0 Å². The van der Waals surface area contributed by atoms with Crippen LogP contribution >= 0.6 is 0 Å². The summed E-state index contributed by atoms with van der Waals surface area (Å²) in [6, 6.07) is 9.44. The lowest BCUT2D eigenvalue weighted by Crippen LogP contribution is -2.32. The van der Waals surface area contributed by atoms with Gasteiger partial charge in [0, 0.05) is 5.56 Å². The number of alkyl halides is 5. The Morgan fingerprint density at radius 2 is 1.62 bits per heavy atom. The molecule has 2 aromatic rings. The number of benzene rings is 1. The van der Waals surface area contributed by atoms with E-state index in [2.05, 4.69) is 10.3 Å². The minimum absolute atomic E-state index is 0.314. The second kappa shape index (κ2) is 5.74. The van der Waals surface area contributed by atoms with Crippen LogP contribution in [0.4, 0.5) is 22.0 Å². The van der Waals surface area contributed by atoms with Crippen molar-refractivity contribution in [3.05, 3.63) is 53.7 Å². The molecule has 0 radical (unpaired) electrons. The van der Waals surface area contributed by atoms with Crippen LogP contribution in [0.1, 0.15) is 30.0 Å². The first kappa shape index (κ1) is 17.4. The summed E-state index contributed by atoms with van der Waals surface area (Å²) < 4.78 is 67.1. The number of pyridine rings is 1. The van der Waals surface area contributed by atoms with E-state index >= 15 is 0 Å². The zero-order chi connectivity index (χ0) is 18.6. The maximum atomic E-state index is 14.5. The number of piperidine rings is 1. The largest absolute Gasteiger partial charge is 0.416 e. The van der Waals surface area contributed by atoms with Crippen molar-refractivity contribution in [2.45, 2.75) is 30.9 Å². The third-order valence-electron chi connectivity index (χ3n) is 5.57. The van der Waals surface area contributed by atoms with E-state index in [1.807, 2.05) is 0 Å². The van der Waals surface area contributed by atoms with Crippen LogP contribution in [-0.4, -0.2) is 24.0 Å². The summed E-state index contributed by atoms with van der Waals surface area (Å²) in [7, 11) is 0. The SMILES string of the molecule is FC(F)(F)c1ccc(-c2cccc(C3C(F)(F)C34CCNCC4)n2)cc1. The van der Waals surface area contributed by atoms with Crippen molar-refractivity contribution in [1.82, 2.24) is 10.3 Å². The Morgan fingerprint density at radius 1 is 0.962 bits per heavy atom. The molecule has 1 unspecified atom stereocenters. The van der Waals surface area contributed by atoms with Gasteiger partial charge in [0.05, 0.1) is 28.3 Å². The first-order valence-electron chi connectivity index (χ1n) is 8.49. The Labute approximate surface area is 147 Å². The van der Waals surface area contributed by atoms with E-state index in [-0.39, 0.29) is 0 Å². The number of halogens is 5. The van der Waals surface area contributed by atoms with Crippen molar-refractivity contribution < 1.29 is 22.0 Å². The normalized spacial score (nSPS) is 23.8. The topological polar surface area (TPSA) is 24.9 Å². The van der Waals surface area contributed by atoms with E-state index in [1.165, 1.54) is 12.1 Å². The Bertz CT molecular complexity index is 807. The molecule has 4 rings (SSSR count). The molecule has 1 aliphatic heterocycles. The average molecular weight is 368 g/mol. The highest BCUT2D eigenvalue weighted by molar-refractivity contribution is 5.60. The van der Waals surface area contributed by atoms with Gasteiger partial charge in [-0.05, 0) is 50.2 Å². The monoisotopic (exact) mass is 368 g/mol. The Kier molecular flexibility index (Phi) is 3.84. The summed E-state index contributed by atoms with van der Waals surface area (Å²) in [4.78, 5) is 4.36. The van der Waals surface area contributed by atoms with Gasteiger partial charge < -0.3 is 5.32 Å². The van der Waals surface area contributed by atoms with Gasteiger partial charge in [-0.1, -0.05) is 18.2 Å². The molecule has 1 aliphatic carbocycles. The molecule has 1 N–H and O–H groups in total. The summed E-state index contributed by atoms with van der Waals surface area (Å²) in [5.41, 5.74) is -0.593. The smallest absolute Gasteiger partial charge is 0.317 e. The van der Waals surface area contributed by atoms with Crippen LogP contribution in [0.15, 0.2) is 42.5 Å². The van der Waals surface area contributed by atoms with E-state index in [9.17, 15) is 22.0 Å². The van der Waals surface area contributed by atoms with E-state index < -0.39 is 29.0 Å². The number of aromatic nitrogens is 1. The maximum Gasteiger partial charge on any atom is 0.416 e. The standard InChI is InChI=1S/C19H17F5N2/c20-18(21)16(17(18)8-10-25-11-9-17)15-3-1-2-14(26-15)12-4-6-13(7-5-12)19(22,23)24/h1-7,16,25H,8-11H2. The van der Waals surface area contributed by atoms with Gasteiger partial charge in [-0.15, -0.1) is 0 Å². The molecule has 1 saturated carbocycles. The molecule has 2 fully saturated rings. The van der Waals surface area contributed by atoms with E-state index in [0.29, 0.717) is 42.9 Å². The van der Waals surface area contributed by atoms with Gasteiger partial charge in [-0.2, -0.15) is 13.2 Å². The van der Waals surface area contributed by atoms with Crippen LogP contribution in [0.25, 0.3) is 11.3 Å². The molecule has 1 aromatic heterocycles. The molecular weight excluding hydrogens is 351 g/mol. The third-order valence-corrected chi connectivity index (χ3v) is 5.57. The first-order valence-corrected chi connectivity index (χ1v) is 8.49. The fourth-order valence-corrected chi connectivity index (χ4v) is 4.08. The molecule has 2 heterocycles. The van der Waals surface area contributed by atoms with Crippen molar-refractivity contribution in [2.24, 2.45) is 5.41 Å². The summed E-state index contributed by atoms with van der Waals surface area (Å²) in [6.07, 6.45) is -3.61. The maximum absolute atomic E-state index is 14.5. The molecule has 1 saturated heterocycles. The van der Waals surface area contributed by atoms with Crippen LogP contribution in [0.5, 0.6) is 0 Å². The molecular formula is C19H17F5N2. The first-order chi connectivity index (χ1) is 12.3. The molecule has 0 bridgehead atoms. The van der Waals surface area contributed by atoms with Crippen molar-refractivity contribution in [1.29, 1.82) is 0 Å².